The van der Waals surface area contributed by atoms with Gasteiger partial charge in [0.1, 0.15) is 17.0 Å². The van der Waals surface area contributed by atoms with Crippen molar-refractivity contribution in [1.82, 2.24) is 29.1 Å². The Morgan fingerprint density at radius 3 is 2.40 bits per heavy atom. The number of aromatic nitrogens is 4. The number of carbonyl (C=O) groups is 1. The summed E-state index contributed by atoms with van der Waals surface area (Å²) in [6.45, 7) is 4.66. The van der Waals surface area contributed by atoms with Crippen molar-refractivity contribution in [3.05, 3.63) is 78.2 Å². The molecule has 2 aromatic carbocycles. The summed E-state index contributed by atoms with van der Waals surface area (Å²) in [5, 5.41) is 10.3. The molecule has 0 atom stereocenters. The van der Waals surface area contributed by atoms with Crippen molar-refractivity contribution in [3.63, 3.8) is 0 Å². The van der Waals surface area contributed by atoms with Crippen molar-refractivity contribution in [2.75, 3.05) is 44.3 Å². The maximum Gasteiger partial charge on any atom is 0.272 e. The second-order valence-electron chi connectivity index (χ2n) is 11.9. The van der Waals surface area contributed by atoms with Crippen molar-refractivity contribution in [2.24, 2.45) is 7.05 Å². The highest BCUT2D eigenvalue weighted by Crippen LogP contribution is 2.39. The summed E-state index contributed by atoms with van der Waals surface area (Å²) in [4.78, 5) is 22.6. The first kappa shape index (κ1) is 26.7. The Labute approximate surface area is 245 Å². The smallest absolute Gasteiger partial charge is 0.272 e. The number of hydrogen-bond acceptors (Lipinski definition) is 6. The monoisotopic (exact) mass is 562 g/mol. The van der Waals surface area contributed by atoms with Crippen LogP contribution < -0.4 is 11.1 Å². The normalized spacial score (nSPS) is 20.3. The molecular formula is C33H38N8O. The van der Waals surface area contributed by atoms with E-state index in [2.05, 4.69) is 33.2 Å². The van der Waals surface area contributed by atoms with Gasteiger partial charge in [-0.25, -0.2) is 9.67 Å². The standard InChI is InChI=1S/C33H38N8O/c1-38-17-19-40(20-18-38)25-11-7-22(8-12-25)30-27-15-16-35-32(34)31(27)41(37-30)26-13-9-24(10-14-26)36-33(42)29-21-23-5-3-4-6-28(23)39(29)2/h3-6,9-10,13-16,21-22,25H,7-8,11-12,17-20H2,1-2H3,(H2,34,35)(H,36,42)/t22-,25+. The lowest BCUT2D eigenvalue weighted by Gasteiger charge is -2.41. The van der Waals surface area contributed by atoms with Crippen LogP contribution in [0.1, 0.15) is 47.8 Å². The number of piperazine rings is 1. The lowest BCUT2D eigenvalue weighted by Crippen LogP contribution is -2.49. The number of amides is 1. The highest BCUT2D eigenvalue weighted by Gasteiger charge is 2.31. The average Bonchev–Trinajstić information content (AvgIpc) is 3.57. The first-order valence-electron chi connectivity index (χ1n) is 15.0. The molecule has 1 amide bonds. The van der Waals surface area contributed by atoms with Crippen LogP contribution in [0, 0.1) is 0 Å². The molecule has 1 aliphatic heterocycles. The van der Waals surface area contributed by atoms with E-state index in [1.807, 2.05) is 70.9 Å². The van der Waals surface area contributed by atoms with E-state index in [0.29, 0.717) is 23.5 Å². The fraction of sp³-hybridized carbons (Fsp3) is 0.364. The Morgan fingerprint density at radius 2 is 1.67 bits per heavy atom. The molecule has 9 heteroatoms. The quantitative estimate of drug-likeness (QED) is 0.312. The number of para-hydroxylation sites is 1. The fourth-order valence-electron chi connectivity index (χ4n) is 6.89. The number of nitrogens with one attached hydrogen (secondary N) is 1. The molecule has 216 valence electrons. The first-order valence-corrected chi connectivity index (χ1v) is 15.0. The molecule has 42 heavy (non-hydrogen) atoms. The van der Waals surface area contributed by atoms with Gasteiger partial charge in [-0.15, -0.1) is 0 Å². The summed E-state index contributed by atoms with van der Waals surface area (Å²) in [5.74, 6) is 0.734. The van der Waals surface area contributed by atoms with Crippen molar-refractivity contribution in [2.45, 2.75) is 37.6 Å². The van der Waals surface area contributed by atoms with Gasteiger partial charge >= 0.3 is 0 Å². The first-order chi connectivity index (χ1) is 20.5. The van der Waals surface area contributed by atoms with E-state index in [1.54, 1.807) is 6.20 Å². The van der Waals surface area contributed by atoms with Gasteiger partial charge in [-0.3, -0.25) is 9.69 Å². The van der Waals surface area contributed by atoms with Gasteiger partial charge in [0.25, 0.3) is 5.91 Å². The lowest BCUT2D eigenvalue weighted by molar-refractivity contribution is 0.0876. The van der Waals surface area contributed by atoms with Gasteiger partial charge in [0.15, 0.2) is 0 Å². The minimum atomic E-state index is -0.145. The summed E-state index contributed by atoms with van der Waals surface area (Å²) >= 11 is 0. The Morgan fingerprint density at radius 1 is 0.929 bits per heavy atom. The van der Waals surface area contributed by atoms with Crippen molar-refractivity contribution < 1.29 is 4.79 Å². The van der Waals surface area contributed by atoms with Gasteiger partial charge in [-0.2, -0.15) is 5.10 Å². The molecule has 4 heterocycles. The van der Waals surface area contributed by atoms with E-state index in [-0.39, 0.29) is 5.91 Å². The summed E-state index contributed by atoms with van der Waals surface area (Å²) in [7, 11) is 4.13. The maximum absolute atomic E-state index is 13.1. The van der Waals surface area contributed by atoms with E-state index in [4.69, 9.17) is 10.8 Å². The maximum atomic E-state index is 13.1. The molecule has 3 aromatic heterocycles. The molecule has 1 saturated heterocycles. The summed E-state index contributed by atoms with van der Waals surface area (Å²) < 4.78 is 3.85. The summed E-state index contributed by atoms with van der Waals surface area (Å²) in [5.41, 5.74) is 11.6. The number of aryl methyl sites for hydroxylation is 1. The molecule has 1 aliphatic carbocycles. The number of nitrogens with two attached hydrogens (primary N) is 1. The molecule has 0 radical (unpaired) electrons. The van der Waals surface area contributed by atoms with Crippen LogP contribution in [0.5, 0.6) is 0 Å². The van der Waals surface area contributed by atoms with Crippen LogP contribution in [-0.4, -0.2) is 74.3 Å². The number of fused-ring (bicyclic) bond motifs is 2. The molecule has 2 fully saturated rings. The molecule has 1 saturated carbocycles. The molecule has 5 aromatic rings. The zero-order valence-corrected chi connectivity index (χ0v) is 24.3. The third kappa shape index (κ3) is 4.82. The van der Waals surface area contributed by atoms with Crippen molar-refractivity contribution >= 4 is 39.2 Å². The summed E-state index contributed by atoms with van der Waals surface area (Å²) in [6, 6.07) is 20.4. The van der Waals surface area contributed by atoms with E-state index in [9.17, 15) is 4.79 Å². The minimum absolute atomic E-state index is 0.145. The van der Waals surface area contributed by atoms with Gasteiger partial charge in [0.2, 0.25) is 0 Å². The largest absolute Gasteiger partial charge is 0.382 e. The van der Waals surface area contributed by atoms with Crippen LogP contribution in [0.15, 0.2) is 66.9 Å². The van der Waals surface area contributed by atoms with E-state index in [0.717, 1.165) is 64.8 Å². The number of benzene rings is 2. The van der Waals surface area contributed by atoms with Crippen LogP contribution in [0.4, 0.5) is 11.5 Å². The Balaban J connectivity index is 1.11. The number of hydrogen-bond donors (Lipinski definition) is 2. The number of nitrogens with zero attached hydrogens (tertiary/aromatic N) is 6. The van der Waals surface area contributed by atoms with E-state index >= 15 is 0 Å². The lowest BCUT2D eigenvalue weighted by atomic mass is 9.82. The minimum Gasteiger partial charge on any atom is -0.382 e. The number of rotatable bonds is 5. The van der Waals surface area contributed by atoms with Crippen LogP contribution in [0.2, 0.25) is 0 Å². The predicted octanol–water partition coefficient (Wildman–Crippen LogP) is 5.02. The van der Waals surface area contributed by atoms with Crippen LogP contribution in [0.3, 0.4) is 0 Å². The topological polar surface area (TPSA) is 97.2 Å². The van der Waals surface area contributed by atoms with Gasteiger partial charge in [0.05, 0.1) is 11.4 Å². The third-order valence-corrected chi connectivity index (χ3v) is 9.34. The average molecular weight is 563 g/mol. The number of anilines is 2. The Bertz CT molecular complexity index is 1740. The Hall–Kier alpha value is -4.21. The second kappa shape index (κ2) is 10.9. The summed E-state index contributed by atoms with van der Waals surface area (Å²) in [6.07, 6.45) is 6.45. The van der Waals surface area contributed by atoms with Gasteiger partial charge in [-0.1, -0.05) is 18.2 Å². The van der Waals surface area contributed by atoms with Crippen LogP contribution in [-0.2, 0) is 7.05 Å². The molecule has 3 N–H and O–H groups in total. The highest BCUT2D eigenvalue weighted by molar-refractivity contribution is 6.06. The Kier molecular flexibility index (Phi) is 6.91. The van der Waals surface area contributed by atoms with Crippen LogP contribution in [0.25, 0.3) is 27.5 Å². The van der Waals surface area contributed by atoms with Crippen molar-refractivity contribution in [3.8, 4) is 5.69 Å². The molecule has 2 aliphatic rings. The molecule has 7 rings (SSSR count). The molecule has 0 unspecified atom stereocenters. The molecule has 0 bridgehead atoms. The van der Waals surface area contributed by atoms with Gasteiger partial charge < -0.3 is 20.5 Å². The highest BCUT2D eigenvalue weighted by atomic mass is 16.1. The zero-order valence-electron chi connectivity index (χ0n) is 24.3. The van der Waals surface area contributed by atoms with E-state index < -0.39 is 0 Å². The number of likely N-dealkylation sites (N-methyl/N-ethyl adjacent to an activating group) is 1. The van der Waals surface area contributed by atoms with Gasteiger partial charge in [0, 0.05) is 73.4 Å². The van der Waals surface area contributed by atoms with Gasteiger partial charge in [-0.05, 0) is 75.2 Å². The second-order valence-corrected chi connectivity index (χ2v) is 11.9. The molecule has 9 nitrogen and oxygen atoms in total. The molecular weight excluding hydrogens is 524 g/mol. The SMILES string of the molecule is CN1CCN([C@H]2CC[C@@H](c3nn(-c4ccc(NC(=O)c5cc6ccccc6n5C)cc4)c4c(N)nccc43)CC2)CC1. The van der Waals surface area contributed by atoms with E-state index in [1.165, 1.54) is 25.9 Å². The third-order valence-electron chi connectivity index (χ3n) is 9.34. The number of pyridine rings is 1. The fourth-order valence-corrected chi connectivity index (χ4v) is 6.89. The predicted molar refractivity (Wildman–Crippen MR) is 168 cm³/mol. The number of nitrogen functional groups attached to an aromatic ring is 1. The number of carbonyl (C=O) groups excluding carboxylic acids is 1. The molecule has 0 spiro atoms. The zero-order chi connectivity index (χ0) is 28.8. The van der Waals surface area contributed by atoms with Crippen molar-refractivity contribution in [1.29, 1.82) is 0 Å². The van der Waals surface area contributed by atoms with Crippen LogP contribution >= 0.6 is 0 Å².